The molecule has 0 spiro atoms. The van der Waals surface area contributed by atoms with Crippen LogP contribution in [0.25, 0.3) is 0 Å². The van der Waals surface area contributed by atoms with Crippen molar-refractivity contribution < 1.29 is 9.53 Å². The van der Waals surface area contributed by atoms with Crippen molar-refractivity contribution in [3.63, 3.8) is 0 Å². The molecule has 21 heavy (non-hydrogen) atoms. The van der Waals surface area contributed by atoms with Crippen LogP contribution < -0.4 is 5.73 Å². The van der Waals surface area contributed by atoms with Crippen molar-refractivity contribution in [1.82, 2.24) is 4.90 Å². The molecule has 2 aliphatic rings. The van der Waals surface area contributed by atoms with E-state index in [-0.39, 0.29) is 11.9 Å². The van der Waals surface area contributed by atoms with Crippen molar-refractivity contribution in [2.45, 2.75) is 37.8 Å². The van der Waals surface area contributed by atoms with Gasteiger partial charge in [-0.05, 0) is 42.9 Å². The SMILES string of the molecule is CN(C(=O)C1OCCc2ccccc21)C1CCCC1CN. The number of fused-ring (bicyclic) bond motifs is 1. The maximum atomic E-state index is 12.9. The molecule has 1 amide bonds. The number of amides is 1. The summed E-state index contributed by atoms with van der Waals surface area (Å²) in [6.07, 6.45) is 3.78. The molecule has 0 aromatic heterocycles. The third-order valence-electron chi connectivity index (χ3n) is 4.98. The molecule has 3 rings (SSSR count). The van der Waals surface area contributed by atoms with Crippen LogP contribution in [0.1, 0.15) is 36.5 Å². The molecule has 114 valence electrons. The number of hydrogen-bond donors (Lipinski definition) is 1. The van der Waals surface area contributed by atoms with Crippen molar-refractivity contribution in [1.29, 1.82) is 0 Å². The van der Waals surface area contributed by atoms with Gasteiger partial charge in [0.25, 0.3) is 5.91 Å². The number of hydrogen-bond acceptors (Lipinski definition) is 3. The molecule has 1 heterocycles. The lowest BCUT2D eigenvalue weighted by atomic mass is 9.95. The molecule has 3 atom stereocenters. The van der Waals surface area contributed by atoms with Crippen LogP contribution in [0.3, 0.4) is 0 Å². The highest BCUT2D eigenvalue weighted by Crippen LogP contribution is 2.33. The second-order valence-corrected chi connectivity index (χ2v) is 6.14. The number of nitrogens with two attached hydrogens (primary N) is 1. The van der Waals surface area contributed by atoms with Gasteiger partial charge in [0.05, 0.1) is 6.61 Å². The zero-order chi connectivity index (χ0) is 14.8. The molecule has 1 aliphatic heterocycles. The largest absolute Gasteiger partial charge is 0.363 e. The fourth-order valence-corrected chi connectivity index (χ4v) is 3.75. The van der Waals surface area contributed by atoms with Gasteiger partial charge in [-0.3, -0.25) is 4.79 Å². The van der Waals surface area contributed by atoms with E-state index in [0.717, 1.165) is 31.2 Å². The maximum absolute atomic E-state index is 12.9. The molecule has 4 nitrogen and oxygen atoms in total. The first kappa shape index (κ1) is 14.5. The van der Waals surface area contributed by atoms with E-state index in [1.54, 1.807) is 0 Å². The maximum Gasteiger partial charge on any atom is 0.256 e. The van der Waals surface area contributed by atoms with Crippen LogP contribution in [0.2, 0.25) is 0 Å². The average Bonchev–Trinajstić information content (AvgIpc) is 3.01. The molecule has 1 saturated carbocycles. The Labute approximate surface area is 126 Å². The van der Waals surface area contributed by atoms with Crippen molar-refractivity contribution in [2.75, 3.05) is 20.2 Å². The summed E-state index contributed by atoms with van der Waals surface area (Å²) < 4.78 is 5.79. The number of likely N-dealkylation sites (N-methyl/N-ethyl adjacent to an activating group) is 1. The molecule has 3 unspecified atom stereocenters. The number of rotatable bonds is 3. The van der Waals surface area contributed by atoms with Crippen LogP contribution in [0, 0.1) is 5.92 Å². The first-order valence-corrected chi connectivity index (χ1v) is 7.88. The van der Waals surface area contributed by atoms with Crippen LogP contribution in [0.15, 0.2) is 24.3 Å². The van der Waals surface area contributed by atoms with Crippen molar-refractivity contribution in [3.05, 3.63) is 35.4 Å². The Morgan fingerprint density at radius 3 is 3.00 bits per heavy atom. The molecule has 0 bridgehead atoms. The van der Waals surface area contributed by atoms with Gasteiger partial charge in [-0.1, -0.05) is 30.7 Å². The fourth-order valence-electron chi connectivity index (χ4n) is 3.75. The van der Waals surface area contributed by atoms with E-state index in [0.29, 0.717) is 19.1 Å². The highest BCUT2D eigenvalue weighted by atomic mass is 16.5. The van der Waals surface area contributed by atoms with E-state index < -0.39 is 6.10 Å². The van der Waals surface area contributed by atoms with Crippen LogP contribution in [0.4, 0.5) is 0 Å². The molecular weight excluding hydrogens is 264 g/mol. The second kappa shape index (κ2) is 6.16. The van der Waals surface area contributed by atoms with Gasteiger partial charge in [0.15, 0.2) is 6.10 Å². The minimum absolute atomic E-state index is 0.0764. The molecule has 0 saturated heterocycles. The monoisotopic (exact) mass is 288 g/mol. The molecule has 1 fully saturated rings. The standard InChI is InChI=1S/C17H24N2O2/c1-19(15-8-4-6-13(15)11-18)17(20)16-14-7-3-2-5-12(14)9-10-21-16/h2-3,5,7,13,15-16H,4,6,8-11,18H2,1H3. The molecule has 2 N–H and O–H groups in total. The Balaban J connectivity index is 1.79. The van der Waals surface area contributed by atoms with Gasteiger partial charge in [-0.2, -0.15) is 0 Å². The van der Waals surface area contributed by atoms with Gasteiger partial charge in [-0.25, -0.2) is 0 Å². The predicted octanol–water partition coefficient (Wildman–Crippen LogP) is 1.89. The smallest absolute Gasteiger partial charge is 0.256 e. The lowest BCUT2D eigenvalue weighted by Gasteiger charge is -2.34. The van der Waals surface area contributed by atoms with E-state index in [9.17, 15) is 4.79 Å². The summed E-state index contributed by atoms with van der Waals surface area (Å²) >= 11 is 0. The number of ether oxygens (including phenoxy) is 1. The highest BCUT2D eigenvalue weighted by Gasteiger charge is 2.36. The number of carbonyl (C=O) groups excluding carboxylic acids is 1. The Hall–Kier alpha value is -1.39. The van der Waals surface area contributed by atoms with Gasteiger partial charge in [0.1, 0.15) is 0 Å². The third kappa shape index (κ3) is 2.70. The summed E-state index contributed by atoms with van der Waals surface area (Å²) in [6.45, 7) is 1.27. The third-order valence-corrected chi connectivity index (χ3v) is 4.98. The zero-order valence-electron chi connectivity index (χ0n) is 12.6. The minimum Gasteiger partial charge on any atom is -0.363 e. The summed E-state index contributed by atoms with van der Waals surface area (Å²) in [5.74, 6) is 0.505. The van der Waals surface area contributed by atoms with Gasteiger partial charge in [0, 0.05) is 13.1 Å². The Morgan fingerprint density at radius 1 is 1.38 bits per heavy atom. The number of carbonyl (C=O) groups is 1. The summed E-state index contributed by atoms with van der Waals surface area (Å²) in [7, 11) is 1.90. The van der Waals surface area contributed by atoms with Gasteiger partial charge in [-0.15, -0.1) is 0 Å². The Kier molecular flexibility index (Phi) is 4.27. The molecule has 1 aromatic rings. The van der Waals surface area contributed by atoms with E-state index >= 15 is 0 Å². The normalized spacial score (nSPS) is 28.2. The second-order valence-electron chi connectivity index (χ2n) is 6.14. The van der Waals surface area contributed by atoms with E-state index in [1.807, 2.05) is 30.1 Å². The van der Waals surface area contributed by atoms with Gasteiger partial charge >= 0.3 is 0 Å². The molecule has 1 aromatic carbocycles. The molecule has 1 aliphatic carbocycles. The molecule has 4 heteroatoms. The van der Waals surface area contributed by atoms with Crippen LogP contribution >= 0.6 is 0 Å². The molecule has 0 radical (unpaired) electrons. The molecular formula is C17H24N2O2. The van der Waals surface area contributed by atoms with Gasteiger partial charge in [0.2, 0.25) is 0 Å². The predicted molar refractivity (Wildman–Crippen MR) is 81.8 cm³/mol. The summed E-state index contributed by atoms with van der Waals surface area (Å²) in [5, 5.41) is 0. The van der Waals surface area contributed by atoms with E-state index in [2.05, 4.69) is 6.07 Å². The zero-order valence-corrected chi connectivity index (χ0v) is 12.6. The highest BCUT2D eigenvalue weighted by molar-refractivity contribution is 5.83. The first-order valence-electron chi connectivity index (χ1n) is 7.88. The summed E-state index contributed by atoms with van der Waals surface area (Å²) in [6, 6.07) is 8.37. The quantitative estimate of drug-likeness (QED) is 0.924. The summed E-state index contributed by atoms with van der Waals surface area (Å²) in [5.41, 5.74) is 8.11. The summed E-state index contributed by atoms with van der Waals surface area (Å²) in [4.78, 5) is 14.8. The number of nitrogens with zero attached hydrogens (tertiary/aromatic N) is 1. The average molecular weight is 288 g/mol. The lowest BCUT2D eigenvalue weighted by Crippen LogP contribution is -2.44. The first-order chi connectivity index (χ1) is 10.2. The van der Waals surface area contributed by atoms with Crippen molar-refractivity contribution in [3.8, 4) is 0 Å². The number of benzene rings is 1. The Morgan fingerprint density at radius 2 is 2.19 bits per heavy atom. The van der Waals surface area contributed by atoms with Crippen LogP contribution in [0.5, 0.6) is 0 Å². The lowest BCUT2D eigenvalue weighted by molar-refractivity contribution is -0.146. The van der Waals surface area contributed by atoms with E-state index in [1.165, 1.54) is 5.56 Å². The fraction of sp³-hybridized carbons (Fsp3) is 0.588. The van der Waals surface area contributed by atoms with Gasteiger partial charge < -0.3 is 15.4 Å². The van der Waals surface area contributed by atoms with E-state index in [4.69, 9.17) is 10.5 Å². The minimum atomic E-state index is -0.445. The van der Waals surface area contributed by atoms with Crippen LogP contribution in [-0.2, 0) is 16.0 Å². The topological polar surface area (TPSA) is 55.6 Å². The van der Waals surface area contributed by atoms with Crippen LogP contribution in [-0.4, -0.2) is 37.0 Å². The Bertz CT molecular complexity index is 517. The van der Waals surface area contributed by atoms with Crippen molar-refractivity contribution >= 4 is 5.91 Å². The van der Waals surface area contributed by atoms with Crippen molar-refractivity contribution in [2.24, 2.45) is 11.7 Å².